The van der Waals surface area contributed by atoms with Crippen LogP contribution in [0, 0.1) is 11.8 Å². The highest BCUT2D eigenvalue weighted by Gasteiger charge is 2.24. The molecule has 16 heteroatoms. The highest BCUT2D eigenvalue weighted by Crippen LogP contribution is 2.44. The number of rotatable bonds is 23. The van der Waals surface area contributed by atoms with E-state index in [-0.39, 0.29) is 70.6 Å². The molecule has 0 saturated heterocycles. The van der Waals surface area contributed by atoms with Gasteiger partial charge in [-0.05, 0) is 19.8 Å². The number of amides is 1. The van der Waals surface area contributed by atoms with Gasteiger partial charge in [0.05, 0.1) is 46.2 Å². The molecule has 0 aliphatic rings. The summed E-state index contributed by atoms with van der Waals surface area (Å²) in [6.45, 7) is 4.73. The summed E-state index contributed by atoms with van der Waals surface area (Å²) in [5.41, 5.74) is 0. The first-order chi connectivity index (χ1) is 16.4. The predicted octanol–water partition coefficient (Wildman–Crippen LogP) is 1.18. The molecule has 35 heavy (non-hydrogen) atoms. The summed E-state index contributed by atoms with van der Waals surface area (Å²) in [7, 11) is -8.63. The summed E-state index contributed by atoms with van der Waals surface area (Å²) in [5, 5.41) is 21.1. The van der Waals surface area contributed by atoms with Crippen molar-refractivity contribution in [2.75, 3.05) is 59.4 Å². The molecule has 0 fully saturated rings. The molecule has 5 N–H and O–H groups in total. The van der Waals surface area contributed by atoms with Gasteiger partial charge in [0.1, 0.15) is 0 Å². The molecule has 4 unspecified atom stereocenters. The lowest BCUT2D eigenvalue weighted by Gasteiger charge is -2.17. The van der Waals surface area contributed by atoms with Crippen molar-refractivity contribution in [2.45, 2.75) is 46.3 Å². The highest BCUT2D eigenvalue weighted by atomic mass is 31.2. The zero-order valence-electron chi connectivity index (χ0n) is 20.6. The average Bonchev–Trinajstić information content (AvgIpc) is 2.75. The van der Waals surface area contributed by atoms with Crippen molar-refractivity contribution in [2.24, 2.45) is 11.8 Å². The SMILES string of the molecule is CC(O)OP(=O)(O)OCCOCCOCCOP(=O)(O)OCC(CO)CCCCNC(=O)C(C)C. The van der Waals surface area contributed by atoms with Crippen LogP contribution in [0.1, 0.15) is 40.0 Å². The van der Waals surface area contributed by atoms with Gasteiger partial charge < -0.3 is 34.8 Å². The zero-order valence-corrected chi connectivity index (χ0v) is 22.4. The first-order valence-corrected chi connectivity index (χ1v) is 14.4. The Morgan fingerprint density at radius 1 is 0.857 bits per heavy atom. The van der Waals surface area contributed by atoms with Gasteiger partial charge in [-0.15, -0.1) is 0 Å². The fraction of sp³-hybridized carbons (Fsp3) is 0.947. The molecule has 0 aromatic carbocycles. The fourth-order valence-electron chi connectivity index (χ4n) is 2.41. The molecule has 0 aromatic rings. The van der Waals surface area contributed by atoms with E-state index in [1.165, 1.54) is 6.92 Å². The molecule has 0 rings (SSSR count). The van der Waals surface area contributed by atoms with Gasteiger partial charge in [0.2, 0.25) is 5.91 Å². The third kappa shape index (κ3) is 21.3. The molecule has 1 amide bonds. The Kier molecular flexibility index (Phi) is 19.4. The van der Waals surface area contributed by atoms with Crippen LogP contribution in [-0.4, -0.2) is 91.6 Å². The summed E-state index contributed by atoms with van der Waals surface area (Å²) in [5.74, 6) is -0.437. The predicted molar refractivity (Wildman–Crippen MR) is 124 cm³/mol. The number of carbonyl (C=O) groups is 1. The number of phosphoric ester groups is 2. The van der Waals surface area contributed by atoms with Gasteiger partial charge >= 0.3 is 15.6 Å². The van der Waals surface area contributed by atoms with E-state index in [0.717, 1.165) is 6.42 Å². The molecule has 0 bridgehead atoms. The van der Waals surface area contributed by atoms with Gasteiger partial charge in [0, 0.05) is 25.0 Å². The molecule has 0 spiro atoms. The molecule has 4 atom stereocenters. The van der Waals surface area contributed by atoms with E-state index in [2.05, 4.69) is 14.4 Å². The van der Waals surface area contributed by atoms with Crippen LogP contribution in [0.2, 0.25) is 0 Å². The number of nitrogens with one attached hydrogen (secondary N) is 1. The lowest BCUT2D eigenvalue weighted by atomic mass is 10.0. The second-order valence-corrected chi connectivity index (χ2v) is 10.7. The van der Waals surface area contributed by atoms with E-state index in [1.807, 2.05) is 13.8 Å². The molecule has 0 radical (unpaired) electrons. The zero-order chi connectivity index (χ0) is 26.7. The van der Waals surface area contributed by atoms with Crippen LogP contribution < -0.4 is 5.32 Å². The third-order valence-corrected chi connectivity index (χ3v) is 6.28. The molecule has 0 aromatic heterocycles. The molecular weight excluding hydrogens is 512 g/mol. The molecule has 0 saturated carbocycles. The number of aliphatic hydroxyl groups excluding tert-OH is 2. The summed E-state index contributed by atoms with van der Waals surface area (Å²) in [6.07, 6.45) is 0.543. The summed E-state index contributed by atoms with van der Waals surface area (Å²) in [4.78, 5) is 30.4. The van der Waals surface area contributed by atoms with Gasteiger partial charge in [-0.1, -0.05) is 20.3 Å². The average molecular weight is 553 g/mol. The minimum atomic E-state index is -4.33. The smallest absolute Gasteiger partial charge is 0.396 e. The monoisotopic (exact) mass is 553 g/mol. The first kappa shape index (κ1) is 34.5. The van der Waals surface area contributed by atoms with Crippen molar-refractivity contribution in [1.29, 1.82) is 0 Å². The van der Waals surface area contributed by atoms with Gasteiger partial charge in [0.15, 0.2) is 6.29 Å². The van der Waals surface area contributed by atoms with Crippen LogP contribution >= 0.6 is 15.6 Å². The van der Waals surface area contributed by atoms with Crippen molar-refractivity contribution >= 4 is 21.6 Å². The topological polar surface area (TPSA) is 200 Å². The van der Waals surface area contributed by atoms with Crippen molar-refractivity contribution < 1.29 is 61.5 Å². The van der Waals surface area contributed by atoms with E-state index in [9.17, 15) is 28.8 Å². The minimum Gasteiger partial charge on any atom is -0.396 e. The molecule has 210 valence electrons. The van der Waals surface area contributed by atoms with Crippen LogP contribution in [0.15, 0.2) is 0 Å². The lowest BCUT2D eigenvalue weighted by molar-refractivity contribution is -0.124. The largest absolute Gasteiger partial charge is 0.474 e. The molecule has 14 nitrogen and oxygen atoms in total. The summed E-state index contributed by atoms with van der Waals surface area (Å²) < 4.78 is 52.1. The highest BCUT2D eigenvalue weighted by molar-refractivity contribution is 7.47. The maximum atomic E-state index is 11.9. The number of phosphoric acid groups is 2. The van der Waals surface area contributed by atoms with Crippen LogP contribution in [0.4, 0.5) is 0 Å². The van der Waals surface area contributed by atoms with E-state index in [1.54, 1.807) is 0 Å². The second-order valence-electron chi connectivity index (χ2n) is 7.82. The lowest BCUT2D eigenvalue weighted by Crippen LogP contribution is -2.28. The van der Waals surface area contributed by atoms with E-state index in [4.69, 9.17) is 23.6 Å². The van der Waals surface area contributed by atoms with Crippen molar-refractivity contribution in [3.8, 4) is 0 Å². The third-order valence-electron chi connectivity index (χ3n) is 4.22. The van der Waals surface area contributed by atoms with Crippen molar-refractivity contribution in [3.05, 3.63) is 0 Å². The maximum absolute atomic E-state index is 11.9. The van der Waals surface area contributed by atoms with Crippen LogP contribution in [0.3, 0.4) is 0 Å². The van der Waals surface area contributed by atoms with Crippen LogP contribution in [0.5, 0.6) is 0 Å². The van der Waals surface area contributed by atoms with Gasteiger partial charge in [-0.3, -0.25) is 22.9 Å². The Hall–Kier alpha value is -0.470. The Morgan fingerprint density at radius 2 is 1.40 bits per heavy atom. The number of carbonyl (C=O) groups excluding carboxylic acids is 1. The van der Waals surface area contributed by atoms with Crippen molar-refractivity contribution in [1.82, 2.24) is 5.32 Å². The Bertz CT molecular complexity index is 650. The second kappa shape index (κ2) is 19.6. The van der Waals surface area contributed by atoms with E-state index >= 15 is 0 Å². The van der Waals surface area contributed by atoms with Gasteiger partial charge in [-0.25, -0.2) is 9.13 Å². The number of hydrogen-bond acceptors (Lipinski definition) is 11. The maximum Gasteiger partial charge on any atom is 0.474 e. The molecular formula is C19H41NO13P2. The molecule has 0 aliphatic heterocycles. The van der Waals surface area contributed by atoms with Gasteiger partial charge in [-0.2, -0.15) is 0 Å². The number of hydrogen-bond donors (Lipinski definition) is 5. The Labute approximate surface area is 206 Å². The van der Waals surface area contributed by atoms with Crippen LogP contribution in [-0.2, 0) is 41.5 Å². The Morgan fingerprint density at radius 3 is 1.91 bits per heavy atom. The Balaban J connectivity index is 3.78. The minimum absolute atomic E-state index is 0.00658. The number of ether oxygens (including phenoxy) is 2. The first-order valence-electron chi connectivity index (χ1n) is 11.4. The number of aliphatic hydroxyl groups is 2. The number of unbranched alkanes of at least 4 members (excludes halogenated alkanes) is 1. The van der Waals surface area contributed by atoms with E-state index < -0.39 is 21.9 Å². The standard InChI is InChI=1S/C19H41NO13P2/c1-16(2)19(23)20-7-5-4-6-18(14-21)15-32-34(24,25)30-12-10-28-8-9-29-11-13-31-35(26,27)33-17(3)22/h16-18,21-22H,4-15H2,1-3H3,(H,20,23)(H,24,25)(H,26,27). The molecule has 0 aliphatic carbocycles. The van der Waals surface area contributed by atoms with Gasteiger partial charge in [0.25, 0.3) is 0 Å². The normalized spacial score (nSPS) is 17.0. The van der Waals surface area contributed by atoms with E-state index in [0.29, 0.717) is 19.4 Å². The quantitative estimate of drug-likeness (QED) is 0.0687. The van der Waals surface area contributed by atoms with Crippen LogP contribution in [0.25, 0.3) is 0 Å². The summed E-state index contributed by atoms with van der Waals surface area (Å²) >= 11 is 0. The summed E-state index contributed by atoms with van der Waals surface area (Å²) in [6, 6.07) is 0. The molecule has 0 heterocycles. The fourth-order valence-corrected chi connectivity index (χ4v) is 3.94. The van der Waals surface area contributed by atoms with Crippen molar-refractivity contribution in [3.63, 3.8) is 0 Å².